The number of nitrogens with zero attached hydrogens (tertiary/aromatic N) is 1. The van der Waals surface area contributed by atoms with Crippen molar-refractivity contribution >= 4 is 5.96 Å². The molecule has 0 amide bonds. The number of methoxy groups -OCH3 is 1. The minimum Gasteiger partial charge on any atom is -0.381 e. The van der Waals surface area contributed by atoms with Crippen LogP contribution in [-0.2, 0) is 9.47 Å². The van der Waals surface area contributed by atoms with Gasteiger partial charge in [0, 0.05) is 45.8 Å². The third-order valence-electron chi connectivity index (χ3n) is 4.06. The van der Waals surface area contributed by atoms with Crippen molar-refractivity contribution in [3.8, 4) is 0 Å². The van der Waals surface area contributed by atoms with Crippen molar-refractivity contribution in [1.82, 2.24) is 10.6 Å². The minimum atomic E-state index is -0.158. The van der Waals surface area contributed by atoms with E-state index in [-0.39, 0.29) is 5.60 Å². The van der Waals surface area contributed by atoms with Gasteiger partial charge in [0.15, 0.2) is 5.96 Å². The van der Waals surface area contributed by atoms with Crippen LogP contribution < -0.4 is 10.6 Å². The zero-order chi connectivity index (χ0) is 14.3. The van der Waals surface area contributed by atoms with Crippen LogP contribution in [0.2, 0.25) is 0 Å². The number of aliphatic imine (C=N–C) groups is 1. The topological polar surface area (TPSA) is 54.9 Å². The molecule has 0 unspecified atom stereocenters. The van der Waals surface area contributed by atoms with E-state index in [4.69, 9.17) is 14.5 Å². The SMILES string of the molecule is CCNC(=NCC1(OC)CCOCC1)NC1CC=CC1. The van der Waals surface area contributed by atoms with Crippen molar-refractivity contribution < 1.29 is 9.47 Å². The van der Waals surface area contributed by atoms with Crippen LogP contribution in [0.1, 0.15) is 32.6 Å². The highest BCUT2D eigenvalue weighted by atomic mass is 16.5. The Labute approximate surface area is 121 Å². The molecule has 20 heavy (non-hydrogen) atoms. The third kappa shape index (κ3) is 4.21. The highest BCUT2D eigenvalue weighted by Gasteiger charge is 2.32. The van der Waals surface area contributed by atoms with E-state index < -0.39 is 0 Å². The summed E-state index contributed by atoms with van der Waals surface area (Å²) < 4.78 is 11.1. The number of ether oxygens (including phenoxy) is 2. The second kappa shape index (κ2) is 7.64. The normalized spacial score (nSPS) is 23.0. The van der Waals surface area contributed by atoms with E-state index in [9.17, 15) is 0 Å². The predicted molar refractivity (Wildman–Crippen MR) is 81.1 cm³/mol. The Morgan fingerprint density at radius 3 is 2.65 bits per heavy atom. The van der Waals surface area contributed by atoms with E-state index in [1.165, 1.54) is 0 Å². The van der Waals surface area contributed by atoms with Gasteiger partial charge in [0.25, 0.3) is 0 Å². The summed E-state index contributed by atoms with van der Waals surface area (Å²) in [5.41, 5.74) is -0.158. The van der Waals surface area contributed by atoms with Gasteiger partial charge in [-0.05, 0) is 19.8 Å². The fourth-order valence-corrected chi connectivity index (χ4v) is 2.64. The zero-order valence-corrected chi connectivity index (χ0v) is 12.7. The molecule has 1 saturated heterocycles. The number of nitrogens with one attached hydrogen (secondary N) is 2. The lowest BCUT2D eigenvalue weighted by atomic mass is 9.94. The molecule has 2 rings (SSSR count). The average Bonchev–Trinajstić information content (AvgIpc) is 2.99. The van der Waals surface area contributed by atoms with Gasteiger partial charge in [0.05, 0.1) is 12.1 Å². The molecule has 2 aliphatic rings. The maximum absolute atomic E-state index is 5.72. The monoisotopic (exact) mass is 281 g/mol. The summed E-state index contributed by atoms with van der Waals surface area (Å²) in [7, 11) is 1.78. The number of rotatable bonds is 5. The molecule has 2 N–H and O–H groups in total. The number of hydrogen-bond donors (Lipinski definition) is 2. The lowest BCUT2D eigenvalue weighted by Gasteiger charge is -2.34. The first-order chi connectivity index (χ1) is 9.78. The van der Waals surface area contributed by atoms with E-state index in [0.717, 1.165) is 51.4 Å². The Hall–Kier alpha value is -1.07. The molecule has 0 spiro atoms. The molecule has 0 radical (unpaired) electrons. The summed E-state index contributed by atoms with van der Waals surface area (Å²) in [6.45, 7) is 5.17. The summed E-state index contributed by atoms with van der Waals surface area (Å²) in [5.74, 6) is 0.893. The van der Waals surface area contributed by atoms with Crippen LogP contribution in [0.15, 0.2) is 17.1 Å². The maximum atomic E-state index is 5.72. The van der Waals surface area contributed by atoms with Gasteiger partial charge in [-0.3, -0.25) is 4.99 Å². The molecule has 0 aromatic rings. The van der Waals surface area contributed by atoms with Gasteiger partial charge >= 0.3 is 0 Å². The largest absolute Gasteiger partial charge is 0.381 e. The number of hydrogen-bond acceptors (Lipinski definition) is 3. The molecule has 0 aromatic carbocycles. The van der Waals surface area contributed by atoms with E-state index in [1.54, 1.807) is 7.11 Å². The summed E-state index contributed by atoms with van der Waals surface area (Å²) >= 11 is 0. The van der Waals surface area contributed by atoms with Gasteiger partial charge in [-0.15, -0.1) is 0 Å². The summed E-state index contributed by atoms with van der Waals surface area (Å²) in [6, 6.07) is 0.473. The second-order valence-corrected chi connectivity index (χ2v) is 5.48. The van der Waals surface area contributed by atoms with Crippen LogP contribution in [0.25, 0.3) is 0 Å². The number of guanidine groups is 1. The van der Waals surface area contributed by atoms with Crippen LogP contribution in [-0.4, -0.2) is 51.0 Å². The molecule has 5 heteroatoms. The maximum Gasteiger partial charge on any atom is 0.191 e. The van der Waals surface area contributed by atoms with E-state index in [0.29, 0.717) is 12.6 Å². The van der Waals surface area contributed by atoms with Gasteiger partial charge in [-0.25, -0.2) is 0 Å². The molecular formula is C15H27N3O2. The first kappa shape index (κ1) is 15.3. The Morgan fingerprint density at radius 1 is 1.35 bits per heavy atom. The van der Waals surface area contributed by atoms with E-state index in [1.807, 2.05) is 0 Å². The van der Waals surface area contributed by atoms with Crippen molar-refractivity contribution in [3.63, 3.8) is 0 Å². The van der Waals surface area contributed by atoms with Gasteiger partial charge in [-0.1, -0.05) is 12.2 Å². The summed E-state index contributed by atoms with van der Waals surface area (Å²) in [6.07, 6.45) is 8.42. The molecular weight excluding hydrogens is 254 g/mol. The highest BCUT2D eigenvalue weighted by Crippen LogP contribution is 2.24. The van der Waals surface area contributed by atoms with Crippen molar-refractivity contribution in [3.05, 3.63) is 12.2 Å². The van der Waals surface area contributed by atoms with E-state index in [2.05, 4.69) is 29.7 Å². The summed E-state index contributed by atoms with van der Waals surface area (Å²) in [4.78, 5) is 4.73. The van der Waals surface area contributed by atoms with Gasteiger partial charge in [0.2, 0.25) is 0 Å². The fraction of sp³-hybridized carbons (Fsp3) is 0.800. The molecule has 1 aliphatic heterocycles. The van der Waals surface area contributed by atoms with Crippen molar-refractivity contribution in [2.45, 2.75) is 44.2 Å². The highest BCUT2D eigenvalue weighted by molar-refractivity contribution is 5.80. The Kier molecular flexibility index (Phi) is 5.86. The predicted octanol–water partition coefficient (Wildman–Crippen LogP) is 1.46. The molecule has 0 atom stereocenters. The molecule has 1 aliphatic carbocycles. The van der Waals surface area contributed by atoms with Crippen LogP contribution in [0.4, 0.5) is 0 Å². The molecule has 5 nitrogen and oxygen atoms in total. The first-order valence-corrected chi connectivity index (χ1v) is 7.61. The Morgan fingerprint density at radius 2 is 2.05 bits per heavy atom. The third-order valence-corrected chi connectivity index (χ3v) is 4.06. The van der Waals surface area contributed by atoms with Crippen LogP contribution in [0.5, 0.6) is 0 Å². The lowest BCUT2D eigenvalue weighted by molar-refractivity contribution is -0.0828. The minimum absolute atomic E-state index is 0.158. The first-order valence-electron chi connectivity index (χ1n) is 7.61. The fourth-order valence-electron chi connectivity index (χ4n) is 2.64. The van der Waals surface area contributed by atoms with Gasteiger partial charge in [0.1, 0.15) is 0 Å². The molecule has 114 valence electrons. The molecule has 0 bridgehead atoms. The second-order valence-electron chi connectivity index (χ2n) is 5.48. The van der Waals surface area contributed by atoms with Crippen molar-refractivity contribution in [2.75, 3.05) is 33.4 Å². The molecule has 1 heterocycles. The van der Waals surface area contributed by atoms with E-state index >= 15 is 0 Å². The van der Waals surface area contributed by atoms with Gasteiger partial charge in [-0.2, -0.15) is 0 Å². The standard InChI is InChI=1S/C15H27N3O2/c1-3-16-14(18-13-6-4-5-7-13)17-12-15(19-2)8-10-20-11-9-15/h4-5,13H,3,6-12H2,1-2H3,(H2,16,17,18). The van der Waals surface area contributed by atoms with Crippen molar-refractivity contribution in [2.24, 2.45) is 4.99 Å². The van der Waals surface area contributed by atoms with Crippen LogP contribution in [0, 0.1) is 0 Å². The Balaban J connectivity index is 1.92. The van der Waals surface area contributed by atoms with Crippen LogP contribution >= 0.6 is 0 Å². The molecule has 0 saturated carbocycles. The molecule has 1 fully saturated rings. The average molecular weight is 281 g/mol. The zero-order valence-electron chi connectivity index (χ0n) is 12.7. The van der Waals surface area contributed by atoms with Crippen molar-refractivity contribution in [1.29, 1.82) is 0 Å². The summed E-state index contributed by atoms with van der Waals surface area (Å²) in [5, 5.41) is 6.80. The Bertz CT molecular complexity index is 341. The smallest absolute Gasteiger partial charge is 0.191 e. The lowest BCUT2D eigenvalue weighted by Crippen LogP contribution is -2.45. The molecule has 0 aromatic heterocycles. The van der Waals surface area contributed by atoms with Crippen LogP contribution in [0.3, 0.4) is 0 Å². The quantitative estimate of drug-likeness (QED) is 0.455. The van der Waals surface area contributed by atoms with Gasteiger partial charge < -0.3 is 20.1 Å².